The van der Waals surface area contributed by atoms with E-state index in [-0.39, 0.29) is 11.8 Å². The number of phenols is 1. The van der Waals surface area contributed by atoms with Crippen LogP contribution in [0.5, 0.6) is 5.75 Å². The van der Waals surface area contributed by atoms with Crippen LogP contribution in [-0.4, -0.2) is 22.7 Å². The number of benzene rings is 1. The summed E-state index contributed by atoms with van der Waals surface area (Å²) < 4.78 is 0. The molecule has 0 bridgehead atoms. The van der Waals surface area contributed by atoms with Gasteiger partial charge in [-0.3, -0.25) is 4.98 Å². The molecule has 5 nitrogen and oxygen atoms in total. The highest BCUT2D eigenvalue weighted by molar-refractivity contribution is 5.89. The van der Waals surface area contributed by atoms with Gasteiger partial charge in [-0.1, -0.05) is 12.1 Å². The van der Waals surface area contributed by atoms with Crippen molar-refractivity contribution in [3.8, 4) is 5.75 Å². The zero-order valence-corrected chi connectivity index (χ0v) is 10.3. The molecule has 0 aliphatic carbocycles. The Morgan fingerprint density at radius 3 is 2.47 bits per heavy atom. The molecular weight excluding hydrogens is 242 g/mol. The predicted molar refractivity (Wildman–Crippen MR) is 73.1 cm³/mol. The maximum atomic E-state index is 11.6. The molecule has 98 valence electrons. The molecule has 2 rings (SSSR count). The molecule has 3 N–H and O–H groups in total. The molecule has 1 aromatic carbocycles. The van der Waals surface area contributed by atoms with Crippen LogP contribution in [0.2, 0.25) is 0 Å². The van der Waals surface area contributed by atoms with Crippen LogP contribution in [0.3, 0.4) is 0 Å². The maximum Gasteiger partial charge on any atom is 0.319 e. The Morgan fingerprint density at radius 2 is 1.79 bits per heavy atom. The first kappa shape index (κ1) is 12.9. The maximum absolute atomic E-state index is 11.6. The number of phenolic OH excluding ortho intramolecular Hbond substituents is 1. The molecule has 0 radical (unpaired) electrons. The van der Waals surface area contributed by atoms with E-state index in [0.717, 1.165) is 5.56 Å². The number of pyridine rings is 1. The molecule has 0 unspecified atom stereocenters. The van der Waals surface area contributed by atoms with Crippen molar-refractivity contribution in [3.63, 3.8) is 0 Å². The molecule has 2 amide bonds. The molecule has 1 aromatic heterocycles. The second-order valence-corrected chi connectivity index (χ2v) is 4.03. The SMILES string of the molecule is O=C(NCCc1ccc(O)cc1)Nc1ccncc1. The van der Waals surface area contributed by atoms with Gasteiger partial charge in [-0.2, -0.15) is 0 Å². The first-order valence-electron chi connectivity index (χ1n) is 5.97. The lowest BCUT2D eigenvalue weighted by molar-refractivity contribution is 0.252. The zero-order valence-electron chi connectivity index (χ0n) is 10.3. The van der Waals surface area contributed by atoms with Gasteiger partial charge in [-0.25, -0.2) is 4.79 Å². The van der Waals surface area contributed by atoms with Crippen LogP contribution in [0.1, 0.15) is 5.56 Å². The fraction of sp³-hybridized carbons (Fsp3) is 0.143. The topological polar surface area (TPSA) is 74.2 Å². The Balaban J connectivity index is 1.74. The second kappa shape index (κ2) is 6.39. The highest BCUT2D eigenvalue weighted by Crippen LogP contribution is 2.09. The lowest BCUT2D eigenvalue weighted by atomic mass is 10.1. The fourth-order valence-corrected chi connectivity index (χ4v) is 1.59. The first-order chi connectivity index (χ1) is 9.24. The summed E-state index contributed by atoms with van der Waals surface area (Å²) in [6.07, 6.45) is 3.95. The minimum Gasteiger partial charge on any atom is -0.508 e. The Morgan fingerprint density at radius 1 is 1.11 bits per heavy atom. The summed E-state index contributed by atoms with van der Waals surface area (Å²) in [6.45, 7) is 0.529. The third-order valence-corrected chi connectivity index (χ3v) is 2.57. The number of anilines is 1. The average molecular weight is 257 g/mol. The van der Waals surface area contributed by atoms with Crippen molar-refractivity contribution in [2.45, 2.75) is 6.42 Å². The Kier molecular flexibility index (Phi) is 4.34. The number of hydrogen-bond acceptors (Lipinski definition) is 3. The van der Waals surface area contributed by atoms with Crippen LogP contribution in [0.15, 0.2) is 48.8 Å². The normalized spacial score (nSPS) is 9.89. The highest BCUT2D eigenvalue weighted by Gasteiger charge is 2.00. The van der Waals surface area contributed by atoms with Crippen LogP contribution < -0.4 is 10.6 Å². The number of aromatic hydroxyl groups is 1. The van der Waals surface area contributed by atoms with E-state index in [1.165, 1.54) is 0 Å². The predicted octanol–water partition coefficient (Wildman–Crippen LogP) is 2.15. The summed E-state index contributed by atoms with van der Waals surface area (Å²) in [6, 6.07) is 10.1. The molecule has 0 saturated carbocycles. The number of amides is 2. The summed E-state index contributed by atoms with van der Waals surface area (Å²) >= 11 is 0. The van der Waals surface area contributed by atoms with Crippen molar-refractivity contribution < 1.29 is 9.90 Å². The average Bonchev–Trinajstić information content (AvgIpc) is 2.42. The molecule has 2 aromatic rings. The van der Waals surface area contributed by atoms with E-state index in [0.29, 0.717) is 18.7 Å². The molecule has 0 atom stereocenters. The van der Waals surface area contributed by atoms with Gasteiger partial charge in [0.05, 0.1) is 0 Å². The minimum absolute atomic E-state index is 0.243. The number of nitrogens with zero attached hydrogens (tertiary/aromatic N) is 1. The minimum atomic E-state index is -0.245. The van der Waals surface area contributed by atoms with E-state index in [1.54, 1.807) is 36.7 Å². The largest absolute Gasteiger partial charge is 0.508 e. The van der Waals surface area contributed by atoms with Gasteiger partial charge in [-0.15, -0.1) is 0 Å². The van der Waals surface area contributed by atoms with E-state index in [2.05, 4.69) is 15.6 Å². The summed E-state index contributed by atoms with van der Waals surface area (Å²) in [7, 11) is 0. The van der Waals surface area contributed by atoms with Crippen LogP contribution in [0, 0.1) is 0 Å². The van der Waals surface area contributed by atoms with E-state index < -0.39 is 0 Å². The number of carbonyl (C=O) groups excluding carboxylic acids is 1. The van der Waals surface area contributed by atoms with E-state index in [9.17, 15) is 4.79 Å². The van der Waals surface area contributed by atoms with E-state index >= 15 is 0 Å². The quantitative estimate of drug-likeness (QED) is 0.785. The summed E-state index contributed by atoms with van der Waals surface area (Å²) in [4.78, 5) is 15.4. The van der Waals surface area contributed by atoms with Crippen LogP contribution >= 0.6 is 0 Å². The zero-order chi connectivity index (χ0) is 13.5. The van der Waals surface area contributed by atoms with Crippen LogP contribution in [0.4, 0.5) is 10.5 Å². The number of urea groups is 1. The van der Waals surface area contributed by atoms with Gasteiger partial charge in [0.25, 0.3) is 0 Å². The van der Waals surface area contributed by atoms with Gasteiger partial charge >= 0.3 is 6.03 Å². The van der Waals surface area contributed by atoms with Crippen molar-refractivity contribution in [3.05, 3.63) is 54.4 Å². The monoisotopic (exact) mass is 257 g/mol. The van der Waals surface area contributed by atoms with Crippen molar-refractivity contribution >= 4 is 11.7 Å². The molecule has 0 spiro atoms. The lowest BCUT2D eigenvalue weighted by Crippen LogP contribution is -2.30. The summed E-state index contributed by atoms with van der Waals surface area (Å²) in [5.74, 6) is 0.243. The number of aromatic nitrogens is 1. The van der Waals surface area contributed by atoms with Gasteiger partial charge < -0.3 is 15.7 Å². The Hall–Kier alpha value is -2.56. The number of rotatable bonds is 4. The number of carbonyl (C=O) groups is 1. The van der Waals surface area contributed by atoms with Gasteiger partial charge in [0.15, 0.2) is 0 Å². The molecular formula is C14H15N3O2. The van der Waals surface area contributed by atoms with E-state index in [1.807, 2.05) is 12.1 Å². The van der Waals surface area contributed by atoms with Crippen molar-refractivity contribution in [2.24, 2.45) is 0 Å². The molecule has 0 fully saturated rings. The van der Waals surface area contributed by atoms with Crippen molar-refractivity contribution in [1.29, 1.82) is 0 Å². The van der Waals surface area contributed by atoms with Crippen molar-refractivity contribution in [2.75, 3.05) is 11.9 Å². The molecule has 19 heavy (non-hydrogen) atoms. The van der Waals surface area contributed by atoms with Crippen LogP contribution in [0.25, 0.3) is 0 Å². The Bertz CT molecular complexity index is 526. The standard InChI is InChI=1S/C14H15N3O2/c18-13-3-1-11(2-4-13)5-10-16-14(19)17-12-6-8-15-9-7-12/h1-4,6-9,18H,5,10H2,(H2,15,16,17,19). The molecule has 5 heteroatoms. The van der Waals surface area contributed by atoms with Gasteiger partial charge in [0, 0.05) is 24.6 Å². The van der Waals surface area contributed by atoms with Crippen molar-refractivity contribution in [1.82, 2.24) is 10.3 Å². The summed E-state index contributed by atoms with van der Waals surface area (Å²) in [5.41, 5.74) is 1.76. The summed E-state index contributed by atoms with van der Waals surface area (Å²) in [5, 5.41) is 14.6. The highest BCUT2D eigenvalue weighted by atomic mass is 16.3. The number of hydrogen-bond donors (Lipinski definition) is 3. The van der Waals surface area contributed by atoms with Gasteiger partial charge in [-0.05, 0) is 36.2 Å². The third kappa shape index (κ3) is 4.31. The number of nitrogens with one attached hydrogen (secondary N) is 2. The Labute approximate surface area is 111 Å². The van der Waals surface area contributed by atoms with E-state index in [4.69, 9.17) is 5.11 Å². The molecule has 1 heterocycles. The van der Waals surface area contributed by atoms with Gasteiger partial charge in [0.1, 0.15) is 5.75 Å². The molecule has 0 saturated heterocycles. The third-order valence-electron chi connectivity index (χ3n) is 2.57. The smallest absolute Gasteiger partial charge is 0.319 e. The molecule has 0 aliphatic heterocycles. The molecule has 0 aliphatic rings. The van der Waals surface area contributed by atoms with Gasteiger partial charge in [0.2, 0.25) is 0 Å². The second-order valence-electron chi connectivity index (χ2n) is 4.03. The first-order valence-corrected chi connectivity index (χ1v) is 5.97. The fourth-order valence-electron chi connectivity index (χ4n) is 1.59. The van der Waals surface area contributed by atoms with Crippen LogP contribution in [-0.2, 0) is 6.42 Å². The lowest BCUT2D eigenvalue weighted by Gasteiger charge is -2.07.